The van der Waals surface area contributed by atoms with Crippen molar-refractivity contribution >= 4 is 11.7 Å². The molecule has 0 atom stereocenters. The third kappa shape index (κ3) is 3.46. The van der Waals surface area contributed by atoms with Gasteiger partial charge in [-0.2, -0.15) is 18.4 Å². The van der Waals surface area contributed by atoms with Crippen LogP contribution in [0.3, 0.4) is 0 Å². The molecular formula is C16H15F3N6O. The summed E-state index contributed by atoms with van der Waals surface area (Å²) in [6.45, 7) is 2.54. The summed E-state index contributed by atoms with van der Waals surface area (Å²) in [6.07, 6.45) is -1.21. The summed E-state index contributed by atoms with van der Waals surface area (Å²) in [4.78, 5) is 22.0. The molecule has 136 valence electrons. The van der Waals surface area contributed by atoms with Crippen molar-refractivity contribution in [2.75, 3.05) is 18.4 Å². The number of hydrogen-bond acceptors (Lipinski definition) is 5. The van der Waals surface area contributed by atoms with Crippen LogP contribution in [-0.2, 0) is 24.1 Å². The third-order valence-electron chi connectivity index (χ3n) is 4.07. The lowest BCUT2D eigenvalue weighted by Gasteiger charge is -2.28. The molecule has 0 aromatic carbocycles. The van der Waals surface area contributed by atoms with Crippen molar-refractivity contribution in [2.24, 2.45) is 0 Å². The lowest BCUT2D eigenvalue weighted by atomic mass is 10.1. The first-order valence-electron chi connectivity index (χ1n) is 7.80. The van der Waals surface area contributed by atoms with Gasteiger partial charge >= 0.3 is 6.18 Å². The first kappa shape index (κ1) is 17.7. The molecule has 0 bridgehead atoms. The van der Waals surface area contributed by atoms with E-state index in [9.17, 15) is 18.0 Å². The Balaban J connectivity index is 1.75. The van der Waals surface area contributed by atoms with Crippen LogP contribution in [0.5, 0.6) is 0 Å². The molecule has 0 saturated heterocycles. The molecule has 1 N–H and O–H groups in total. The summed E-state index contributed by atoms with van der Waals surface area (Å²) < 4.78 is 41.2. The maximum absolute atomic E-state index is 13.1. The molecule has 26 heavy (non-hydrogen) atoms. The van der Waals surface area contributed by atoms with E-state index in [4.69, 9.17) is 5.26 Å². The van der Waals surface area contributed by atoms with Gasteiger partial charge in [0.25, 0.3) is 0 Å². The summed E-state index contributed by atoms with van der Waals surface area (Å²) >= 11 is 0. The maximum atomic E-state index is 13.1. The standard InChI is InChI=1S/C16H15F3N6O/c1-10-6-12(16(17,18)19)11(7-20)15(23-10)22-8-14(26)25-5-4-24-3-2-21-13(24)9-25/h2-3,6H,4-5,8-9H2,1H3,(H,22,23). The van der Waals surface area contributed by atoms with Crippen LogP contribution < -0.4 is 5.32 Å². The quantitative estimate of drug-likeness (QED) is 0.899. The molecule has 0 fully saturated rings. The number of pyridine rings is 1. The van der Waals surface area contributed by atoms with Crippen molar-refractivity contribution in [3.05, 3.63) is 41.1 Å². The Bertz CT molecular complexity index is 883. The van der Waals surface area contributed by atoms with E-state index in [-0.39, 0.29) is 24.0 Å². The smallest absolute Gasteiger partial charge is 0.360 e. The Morgan fingerprint density at radius 1 is 1.42 bits per heavy atom. The second-order valence-electron chi connectivity index (χ2n) is 5.85. The molecule has 0 spiro atoms. The molecule has 3 rings (SSSR count). The fourth-order valence-electron chi connectivity index (χ4n) is 2.80. The van der Waals surface area contributed by atoms with Gasteiger partial charge in [0.15, 0.2) is 0 Å². The minimum absolute atomic E-state index is 0.103. The van der Waals surface area contributed by atoms with Gasteiger partial charge in [-0.1, -0.05) is 0 Å². The molecule has 0 saturated carbocycles. The van der Waals surface area contributed by atoms with E-state index in [2.05, 4.69) is 15.3 Å². The second kappa shape index (κ2) is 6.67. The van der Waals surface area contributed by atoms with Gasteiger partial charge in [-0.05, 0) is 13.0 Å². The number of carbonyl (C=O) groups is 1. The molecule has 1 aliphatic rings. The van der Waals surface area contributed by atoms with Crippen LogP contribution in [0.4, 0.5) is 19.0 Å². The third-order valence-corrected chi connectivity index (χ3v) is 4.07. The first-order chi connectivity index (χ1) is 12.3. The van der Waals surface area contributed by atoms with E-state index in [0.29, 0.717) is 19.6 Å². The zero-order valence-corrected chi connectivity index (χ0v) is 13.8. The van der Waals surface area contributed by atoms with Crippen LogP contribution in [0.15, 0.2) is 18.5 Å². The zero-order valence-electron chi connectivity index (χ0n) is 13.8. The number of aromatic nitrogens is 3. The monoisotopic (exact) mass is 364 g/mol. The highest BCUT2D eigenvalue weighted by Crippen LogP contribution is 2.34. The molecular weight excluding hydrogens is 349 g/mol. The molecule has 0 radical (unpaired) electrons. The van der Waals surface area contributed by atoms with Crippen LogP contribution in [0.1, 0.15) is 22.6 Å². The van der Waals surface area contributed by atoms with Crippen molar-refractivity contribution in [2.45, 2.75) is 26.2 Å². The summed E-state index contributed by atoms with van der Waals surface area (Å²) in [5.74, 6) is 0.196. The number of anilines is 1. The Morgan fingerprint density at radius 3 is 2.88 bits per heavy atom. The zero-order chi connectivity index (χ0) is 18.9. The number of fused-ring (bicyclic) bond motifs is 1. The largest absolute Gasteiger partial charge is 0.417 e. The highest BCUT2D eigenvalue weighted by atomic mass is 19.4. The molecule has 2 aromatic heterocycles. The van der Waals surface area contributed by atoms with Crippen LogP contribution in [0.2, 0.25) is 0 Å². The number of imidazole rings is 1. The maximum Gasteiger partial charge on any atom is 0.417 e. The van der Waals surface area contributed by atoms with Crippen LogP contribution >= 0.6 is 0 Å². The molecule has 10 heteroatoms. The Hall–Kier alpha value is -3.09. The number of aryl methyl sites for hydroxylation is 1. The fraction of sp³-hybridized carbons (Fsp3) is 0.375. The number of rotatable bonds is 3. The van der Waals surface area contributed by atoms with Crippen LogP contribution in [0, 0.1) is 18.3 Å². The topological polar surface area (TPSA) is 86.8 Å². The summed E-state index contributed by atoms with van der Waals surface area (Å²) in [5.41, 5.74) is -1.58. The Labute approximate surface area is 147 Å². The van der Waals surface area contributed by atoms with Gasteiger partial charge in [0.2, 0.25) is 5.91 Å². The highest BCUT2D eigenvalue weighted by Gasteiger charge is 2.35. The predicted octanol–water partition coefficient (Wildman–Crippen LogP) is 1.93. The van der Waals surface area contributed by atoms with E-state index in [1.807, 2.05) is 10.8 Å². The van der Waals surface area contributed by atoms with Gasteiger partial charge < -0.3 is 14.8 Å². The van der Waals surface area contributed by atoms with Gasteiger partial charge in [-0.15, -0.1) is 0 Å². The first-order valence-corrected chi connectivity index (χ1v) is 7.80. The number of nitriles is 1. The number of nitrogens with one attached hydrogen (secondary N) is 1. The number of carbonyl (C=O) groups excluding carboxylic acids is 1. The van der Waals surface area contributed by atoms with Gasteiger partial charge in [0.05, 0.1) is 18.7 Å². The Morgan fingerprint density at radius 2 is 2.19 bits per heavy atom. The SMILES string of the molecule is Cc1cc(C(F)(F)F)c(C#N)c(NCC(=O)N2CCn3ccnc3C2)n1. The minimum Gasteiger partial charge on any atom is -0.360 e. The highest BCUT2D eigenvalue weighted by molar-refractivity contribution is 5.81. The van der Waals surface area contributed by atoms with E-state index in [0.717, 1.165) is 11.9 Å². The van der Waals surface area contributed by atoms with E-state index in [1.54, 1.807) is 11.1 Å². The molecule has 3 heterocycles. The van der Waals surface area contributed by atoms with Crippen molar-refractivity contribution < 1.29 is 18.0 Å². The molecule has 1 amide bonds. The number of hydrogen-bond donors (Lipinski definition) is 1. The molecule has 0 aliphatic carbocycles. The predicted molar refractivity (Wildman–Crippen MR) is 84.8 cm³/mol. The average molecular weight is 364 g/mol. The van der Waals surface area contributed by atoms with E-state index < -0.39 is 17.3 Å². The molecule has 1 aliphatic heterocycles. The Kier molecular flexibility index (Phi) is 4.54. The van der Waals surface area contributed by atoms with E-state index in [1.165, 1.54) is 13.0 Å². The van der Waals surface area contributed by atoms with Gasteiger partial charge in [0.1, 0.15) is 23.3 Å². The van der Waals surface area contributed by atoms with Gasteiger partial charge in [-0.25, -0.2) is 9.97 Å². The fourth-order valence-corrected chi connectivity index (χ4v) is 2.80. The van der Waals surface area contributed by atoms with Crippen molar-refractivity contribution in [3.8, 4) is 6.07 Å². The van der Waals surface area contributed by atoms with Crippen molar-refractivity contribution in [1.82, 2.24) is 19.4 Å². The second-order valence-corrected chi connectivity index (χ2v) is 5.85. The summed E-state index contributed by atoms with van der Waals surface area (Å²) in [7, 11) is 0. The average Bonchev–Trinajstić information content (AvgIpc) is 3.06. The van der Waals surface area contributed by atoms with Gasteiger partial charge in [0, 0.05) is 31.2 Å². The van der Waals surface area contributed by atoms with E-state index >= 15 is 0 Å². The van der Waals surface area contributed by atoms with Crippen LogP contribution in [-0.4, -0.2) is 38.4 Å². The number of halogens is 3. The lowest BCUT2D eigenvalue weighted by Crippen LogP contribution is -2.41. The lowest BCUT2D eigenvalue weighted by molar-refractivity contribution is -0.137. The summed E-state index contributed by atoms with van der Waals surface area (Å²) in [6, 6.07) is 2.34. The summed E-state index contributed by atoms with van der Waals surface area (Å²) in [5, 5.41) is 11.7. The van der Waals surface area contributed by atoms with Gasteiger partial charge in [-0.3, -0.25) is 4.79 Å². The normalized spacial score (nSPS) is 13.9. The molecule has 0 unspecified atom stereocenters. The van der Waals surface area contributed by atoms with Crippen molar-refractivity contribution in [1.29, 1.82) is 5.26 Å². The number of alkyl halides is 3. The van der Waals surface area contributed by atoms with Crippen molar-refractivity contribution in [3.63, 3.8) is 0 Å². The number of amides is 1. The molecule has 7 nitrogen and oxygen atoms in total. The van der Waals surface area contributed by atoms with Crippen LogP contribution in [0.25, 0.3) is 0 Å². The number of nitrogens with zero attached hydrogens (tertiary/aromatic N) is 5. The minimum atomic E-state index is -4.68. The molecule has 2 aromatic rings.